The maximum Gasteiger partial charge on any atom is 0.340 e. The number of aromatic carboxylic acids is 2. The number of rotatable bonds is 17. The van der Waals surface area contributed by atoms with Crippen LogP contribution in [0.4, 0.5) is 0 Å². The highest BCUT2D eigenvalue weighted by Crippen LogP contribution is 2.28. The summed E-state index contributed by atoms with van der Waals surface area (Å²) in [4.78, 5) is 22.4. The Morgan fingerprint density at radius 2 is 1.14 bits per heavy atom. The average Bonchev–Trinajstić information content (AvgIpc) is 2.68. The summed E-state index contributed by atoms with van der Waals surface area (Å²) in [5, 5.41) is 28.4. The highest BCUT2D eigenvalue weighted by Gasteiger charge is 2.22. The molecule has 0 fully saturated rings. The van der Waals surface area contributed by atoms with Crippen LogP contribution in [-0.2, 0) is 6.42 Å². The molecule has 0 saturated carbocycles. The summed E-state index contributed by atoms with van der Waals surface area (Å²) in [7, 11) is 0. The molecule has 0 spiro atoms. The molecule has 0 amide bonds. The van der Waals surface area contributed by atoms with Crippen molar-refractivity contribution in [2.75, 3.05) is 0 Å². The molecule has 0 heterocycles. The second-order valence-electron chi connectivity index (χ2n) is 7.95. The van der Waals surface area contributed by atoms with Crippen molar-refractivity contribution in [1.29, 1.82) is 0 Å². The lowest BCUT2D eigenvalue weighted by Gasteiger charge is -2.10. The number of carboxylic acid groups (broad SMARTS) is 2. The standard InChI is InChI=1S/C24H38O5/c1-2-3-4-5-6-7-8-9-10-11-12-13-14-15-16-19-17-18-20(23(26)27)21(22(19)25)24(28)29/h17-18,25H,2-16H2,1H3,(H,26,27)(H,28,29). The summed E-state index contributed by atoms with van der Waals surface area (Å²) in [6.07, 6.45) is 18.2. The number of hydrogen-bond acceptors (Lipinski definition) is 3. The molecule has 1 aromatic carbocycles. The quantitative estimate of drug-likeness (QED) is 0.247. The van der Waals surface area contributed by atoms with Crippen LogP contribution in [0.2, 0.25) is 0 Å². The SMILES string of the molecule is CCCCCCCCCCCCCCCCc1ccc(C(=O)O)c(C(=O)O)c1O. The number of benzene rings is 1. The Morgan fingerprint density at radius 1 is 0.690 bits per heavy atom. The van der Waals surface area contributed by atoms with Crippen LogP contribution in [0.5, 0.6) is 5.75 Å². The van der Waals surface area contributed by atoms with Crippen molar-refractivity contribution < 1.29 is 24.9 Å². The molecular weight excluding hydrogens is 368 g/mol. The minimum Gasteiger partial charge on any atom is -0.507 e. The van der Waals surface area contributed by atoms with E-state index in [9.17, 15) is 19.8 Å². The molecule has 1 rings (SSSR count). The van der Waals surface area contributed by atoms with E-state index in [4.69, 9.17) is 5.11 Å². The van der Waals surface area contributed by atoms with Crippen molar-refractivity contribution in [3.05, 3.63) is 28.8 Å². The van der Waals surface area contributed by atoms with E-state index in [1.54, 1.807) is 0 Å². The maximum absolute atomic E-state index is 11.3. The van der Waals surface area contributed by atoms with Crippen molar-refractivity contribution in [3.8, 4) is 5.75 Å². The van der Waals surface area contributed by atoms with Crippen LogP contribution in [0.25, 0.3) is 0 Å². The summed E-state index contributed by atoms with van der Waals surface area (Å²) in [6, 6.07) is 2.79. The summed E-state index contributed by atoms with van der Waals surface area (Å²) in [5.74, 6) is -3.17. The van der Waals surface area contributed by atoms with Crippen LogP contribution in [0.3, 0.4) is 0 Å². The fourth-order valence-electron chi connectivity index (χ4n) is 3.74. The number of carboxylic acids is 2. The van der Waals surface area contributed by atoms with E-state index in [0.717, 1.165) is 19.3 Å². The molecule has 0 aliphatic heterocycles. The van der Waals surface area contributed by atoms with Crippen LogP contribution in [0.15, 0.2) is 12.1 Å². The molecule has 0 aliphatic rings. The first-order chi connectivity index (χ1) is 14.0. The first-order valence-electron chi connectivity index (χ1n) is 11.3. The average molecular weight is 407 g/mol. The number of carbonyl (C=O) groups is 2. The maximum atomic E-state index is 11.3. The van der Waals surface area contributed by atoms with Crippen molar-refractivity contribution >= 4 is 11.9 Å². The fourth-order valence-corrected chi connectivity index (χ4v) is 3.74. The van der Waals surface area contributed by atoms with Crippen LogP contribution < -0.4 is 0 Å². The van der Waals surface area contributed by atoms with Gasteiger partial charge in [-0.25, -0.2) is 9.59 Å². The van der Waals surface area contributed by atoms with E-state index in [1.165, 1.54) is 82.8 Å². The van der Waals surface area contributed by atoms with Crippen molar-refractivity contribution in [2.24, 2.45) is 0 Å². The Bertz CT molecular complexity index is 624. The van der Waals surface area contributed by atoms with Crippen molar-refractivity contribution in [1.82, 2.24) is 0 Å². The van der Waals surface area contributed by atoms with E-state index >= 15 is 0 Å². The Morgan fingerprint density at radius 3 is 1.55 bits per heavy atom. The van der Waals surface area contributed by atoms with E-state index in [1.807, 2.05) is 0 Å². The molecule has 29 heavy (non-hydrogen) atoms. The van der Waals surface area contributed by atoms with Crippen molar-refractivity contribution in [2.45, 2.75) is 103 Å². The smallest absolute Gasteiger partial charge is 0.340 e. The third-order valence-corrected chi connectivity index (χ3v) is 5.51. The molecule has 0 unspecified atom stereocenters. The van der Waals surface area contributed by atoms with Gasteiger partial charge in [0.15, 0.2) is 0 Å². The van der Waals surface area contributed by atoms with Crippen molar-refractivity contribution in [3.63, 3.8) is 0 Å². The van der Waals surface area contributed by atoms with Gasteiger partial charge in [-0.15, -0.1) is 0 Å². The van der Waals surface area contributed by atoms with Crippen LogP contribution in [-0.4, -0.2) is 27.3 Å². The van der Waals surface area contributed by atoms with Gasteiger partial charge in [-0.3, -0.25) is 0 Å². The predicted molar refractivity (Wildman–Crippen MR) is 116 cm³/mol. The van der Waals surface area contributed by atoms with E-state index in [2.05, 4.69) is 6.92 Å². The summed E-state index contributed by atoms with van der Waals surface area (Å²) >= 11 is 0. The van der Waals surface area contributed by atoms with Gasteiger partial charge in [0.1, 0.15) is 11.3 Å². The van der Waals surface area contributed by atoms with Gasteiger partial charge in [0.05, 0.1) is 5.56 Å². The molecule has 0 aromatic heterocycles. The second kappa shape index (κ2) is 14.9. The Balaban J connectivity index is 2.14. The number of phenols is 1. The monoisotopic (exact) mass is 406 g/mol. The minimum atomic E-state index is -1.41. The molecule has 164 valence electrons. The molecule has 5 heteroatoms. The first-order valence-corrected chi connectivity index (χ1v) is 11.3. The zero-order valence-corrected chi connectivity index (χ0v) is 17.9. The zero-order valence-electron chi connectivity index (χ0n) is 17.9. The number of hydrogen-bond donors (Lipinski definition) is 3. The Kier molecular flexibility index (Phi) is 12.8. The highest BCUT2D eigenvalue weighted by molar-refractivity contribution is 6.04. The molecule has 1 aromatic rings. The normalized spacial score (nSPS) is 10.9. The number of aryl methyl sites for hydroxylation is 1. The fraction of sp³-hybridized carbons (Fsp3) is 0.667. The van der Waals surface area contributed by atoms with Gasteiger partial charge in [-0.1, -0.05) is 96.5 Å². The van der Waals surface area contributed by atoms with Gasteiger partial charge in [-0.05, 0) is 24.5 Å². The lowest BCUT2D eigenvalue weighted by molar-refractivity contribution is 0.0648. The molecule has 0 aliphatic carbocycles. The second-order valence-corrected chi connectivity index (χ2v) is 7.95. The Labute approximate surface area is 175 Å². The lowest BCUT2D eigenvalue weighted by Crippen LogP contribution is -2.09. The lowest BCUT2D eigenvalue weighted by atomic mass is 9.98. The van der Waals surface area contributed by atoms with E-state index in [0.29, 0.717) is 12.0 Å². The molecule has 0 atom stereocenters. The van der Waals surface area contributed by atoms with Gasteiger partial charge in [0.2, 0.25) is 0 Å². The molecule has 3 N–H and O–H groups in total. The highest BCUT2D eigenvalue weighted by atomic mass is 16.4. The van der Waals surface area contributed by atoms with Gasteiger partial charge in [0, 0.05) is 0 Å². The molecule has 5 nitrogen and oxygen atoms in total. The molecular formula is C24H38O5. The van der Waals surface area contributed by atoms with Gasteiger partial charge in [-0.2, -0.15) is 0 Å². The van der Waals surface area contributed by atoms with Gasteiger partial charge >= 0.3 is 11.9 Å². The third kappa shape index (κ3) is 9.82. The minimum absolute atomic E-state index is 0.375. The molecule has 0 saturated heterocycles. The van der Waals surface area contributed by atoms with E-state index in [-0.39, 0.29) is 5.56 Å². The predicted octanol–water partition coefficient (Wildman–Crippen LogP) is 6.81. The van der Waals surface area contributed by atoms with Gasteiger partial charge < -0.3 is 15.3 Å². The summed E-state index contributed by atoms with van der Waals surface area (Å²) < 4.78 is 0. The van der Waals surface area contributed by atoms with Crippen LogP contribution in [0.1, 0.15) is 123 Å². The molecule has 0 radical (unpaired) electrons. The summed E-state index contributed by atoms with van der Waals surface area (Å²) in [5.41, 5.74) is -0.383. The zero-order chi connectivity index (χ0) is 21.5. The number of unbranched alkanes of at least 4 members (excludes halogenated alkanes) is 13. The first kappa shape index (κ1) is 25.0. The topological polar surface area (TPSA) is 94.8 Å². The third-order valence-electron chi connectivity index (χ3n) is 5.51. The Hall–Kier alpha value is -2.04. The van der Waals surface area contributed by atoms with Gasteiger partial charge in [0.25, 0.3) is 0 Å². The van der Waals surface area contributed by atoms with E-state index < -0.39 is 23.3 Å². The number of aromatic hydroxyl groups is 1. The van der Waals surface area contributed by atoms with Crippen LogP contribution in [0, 0.1) is 0 Å². The molecule has 0 bridgehead atoms. The largest absolute Gasteiger partial charge is 0.507 e. The summed E-state index contributed by atoms with van der Waals surface area (Å²) in [6.45, 7) is 2.25. The van der Waals surface area contributed by atoms with Crippen LogP contribution >= 0.6 is 0 Å².